The normalized spacial score (nSPS) is 19.7. The molecule has 10 heteroatoms. The SMILES string of the molecule is CC(C)CCC(/C=C/c1ccccc1)([C@H](C(=O)NOC1CCCCO1)[C@@H](CC(C)C)C(=O)NN)S(C)(=O)=O. The Labute approximate surface area is 227 Å². The Balaban J connectivity index is 2.69. The molecule has 2 amide bonds. The molecule has 2 unspecified atom stereocenters. The second kappa shape index (κ2) is 14.8. The molecule has 4 N–H and O–H groups in total. The number of nitrogens with one attached hydrogen (secondary N) is 2. The van der Waals surface area contributed by atoms with E-state index in [2.05, 4.69) is 10.9 Å². The molecule has 38 heavy (non-hydrogen) atoms. The number of nitrogens with two attached hydrogens (primary N) is 1. The first-order valence-electron chi connectivity index (χ1n) is 13.4. The lowest BCUT2D eigenvalue weighted by Crippen LogP contribution is -2.57. The van der Waals surface area contributed by atoms with Gasteiger partial charge >= 0.3 is 0 Å². The van der Waals surface area contributed by atoms with Gasteiger partial charge in [-0.25, -0.2) is 24.6 Å². The maximum absolute atomic E-state index is 14.0. The highest BCUT2D eigenvalue weighted by Gasteiger charge is 2.54. The molecule has 0 aromatic heterocycles. The number of sulfone groups is 1. The van der Waals surface area contributed by atoms with Gasteiger partial charge < -0.3 is 4.74 Å². The summed E-state index contributed by atoms with van der Waals surface area (Å²) < 4.78 is 31.4. The number of ether oxygens (including phenoxy) is 1. The van der Waals surface area contributed by atoms with Gasteiger partial charge in [0.15, 0.2) is 16.1 Å². The van der Waals surface area contributed by atoms with E-state index in [9.17, 15) is 18.0 Å². The minimum absolute atomic E-state index is 0.0179. The maximum atomic E-state index is 14.0. The molecule has 1 heterocycles. The molecule has 1 aliphatic heterocycles. The van der Waals surface area contributed by atoms with Crippen LogP contribution in [0.3, 0.4) is 0 Å². The molecule has 0 radical (unpaired) electrons. The van der Waals surface area contributed by atoms with Crippen molar-refractivity contribution in [2.45, 2.75) is 77.3 Å². The maximum Gasteiger partial charge on any atom is 0.249 e. The minimum Gasteiger partial charge on any atom is -0.350 e. The predicted octanol–water partition coefficient (Wildman–Crippen LogP) is 3.76. The van der Waals surface area contributed by atoms with Crippen LogP contribution in [0.5, 0.6) is 0 Å². The quantitative estimate of drug-likeness (QED) is 0.182. The average Bonchev–Trinajstić information content (AvgIpc) is 2.87. The number of hydrazine groups is 1. The molecule has 214 valence electrons. The van der Waals surface area contributed by atoms with Gasteiger partial charge in [0, 0.05) is 19.3 Å². The van der Waals surface area contributed by atoms with Crippen molar-refractivity contribution in [3.63, 3.8) is 0 Å². The van der Waals surface area contributed by atoms with Crippen LogP contribution < -0.4 is 16.7 Å². The molecule has 0 spiro atoms. The molecule has 1 fully saturated rings. The van der Waals surface area contributed by atoms with Crippen LogP contribution in [-0.4, -0.2) is 44.1 Å². The number of carbonyl (C=O) groups excluding carboxylic acids is 2. The predicted molar refractivity (Wildman–Crippen MR) is 149 cm³/mol. The summed E-state index contributed by atoms with van der Waals surface area (Å²) in [4.78, 5) is 32.7. The van der Waals surface area contributed by atoms with E-state index in [0.717, 1.165) is 24.7 Å². The van der Waals surface area contributed by atoms with E-state index in [1.165, 1.54) is 0 Å². The van der Waals surface area contributed by atoms with E-state index >= 15 is 0 Å². The first-order chi connectivity index (χ1) is 17.9. The number of rotatable bonds is 14. The lowest BCUT2D eigenvalue weighted by atomic mass is 9.73. The van der Waals surface area contributed by atoms with Crippen LogP contribution in [0.1, 0.15) is 71.8 Å². The molecular formula is C28H45N3O6S. The van der Waals surface area contributed by atoms with Gasteiger partial charge in [-0.15, -0.1) is 0 Å². The van der Waals surface area contributed by atoms with Crippen molar-refractivity contribution in [3.05, 3.63) is 42.0 Å². The summed E-state index contributed by atoms with van der Waals surface area (Å²) in [7, 11) is -3.96. The Kier molecular flexibility index (Phi) is 12.4. The van der Waals surface area contributed by atoms with Crippen LogP contribution in [0.2, 0.25) is 0 Å². The number of carbonyl (C=O) groups is 2. The van der Waals surface area contributed by atoms with E-state index in [-0.39, 0.29) is 24.7 Å². The molecule has 1 aromatic carbocycles. The molecule has 4 atom stereocenters. The zero-order chi connectivity index (χ0) is 28.3. The summed E-state index contributed by atoms with van der Waals surface area (Å²) >= 11 is 0. The van der Waals surface area contributed by atoms with Gasteiger partial charge in [0.05, 0.1) is 11.8 Å². The van der Waals surface area contributed by atoms with E-state index in [4.69, 9.17) is 15.4 Å². The fourth-order valence-corrected chi connectivity index (χ4v) is 6.48. The standard InChI is InChI=1S/C28H45N3O6S/c1-20(2)14-16-28(38(5,34)35,17-15-22-11-7-6-8-12-22)25(23(19-21(3)4)26(32)30-29)27(33)31-37-24-13-9-10-18-36-24/h6-8,11-12,15,17,20-21,23-25H,9-10,13-14,16,18-19,29H2,1-5H3,(H,30,32)(H,31,33)/b17-15+/t23-,24?,25+,28?/m1/s1. The van der Waals surface area contributed by atoms with Crippen molar-refractivity contribution in [2.24, 2.45) is 29.5 Å². The Morgan fingerprint density at radius 2 is 1.82 bits per heavy atom. The Morgan fingerprint density at radius 1 is 1.13 bits per heavy atom. The van der Waals surface area contributed by atoms with Gasteiger partial charge in [-0.2, -0.15) is 0 Å². The van der Waals surface area contributed by atoms with Crippen molar-refractivity contribution in [1.82, 2.24) is 10.9 Å². The second-order valence-corrected chi connectivity index (χ2v) is 13.3. The monoisotopic (exact) mass is 551 g/mol. The first-order valence-corrected chi connectivity index (χ1v) is 15.3. The average molecular weight is 552 g/mol. The summed E-state index contributed by atoms with van der Waals surface area (Å²) in [5.41, 5.74) is 5.41. The third kappa shape index (κ3) is 8.90. The number of benzene rings is 1. The molecule has 2 rings (SSSR count). The molecule has 9 nitrogen and oxygen atoms in total. The fraction of sp³-hybridized carbons (Fsp3) is 0.643. The van der Waals surface area contributed by atoms with Crippen LogP contribution in [0, 0.1) is 23.7 Å². The first kappa shape index (κ1) is 31.9. The van der Waals surface area contributed by atoms with E-state index in [1.54, 1.807) is 12.2 Å². The van der Waals surface area contributed by atoms with E-state index < -0.39 is 44.5 Å². The highest BCUT2D eigenvalue weighted by molar-refractivity contribution is 7.92. The number of hydrogen-bond donors (Lipinski definition) is 3. The lowest BCUT2D eigenvalue weighted by molar-refractivity contribution is -0.203. The van der Waals surface area contributed by atoms with Gasteiger partial charge in [0.2, 0.25) is 11.8 Å². The fourth-order valence-electron chi connectivity index (χ4n) is 4.94. The molecule has 1 aromatic rings. The zero-order valence-electron chi connectivity index (χ0n) is 23.3. The van der Waals surface area contributed by atoms with E-state index in [0.29, 0.717) is 19.4 Å². The molecule has 1 aliphatic rings. The summed E-state index contributed by atoms with van der Waals surface area (Å²) in [6.45, 7) is 8.31. The molecule has 0 saturated carbocycles. The molecule has 0 aliphatic carbocycles. The zero-order valence-corrected chi connectivity index (χ0v) is 24.1. The lowest BCUT2D eigenvalue weighted by Gasteiger charge is -2.40. The summed E-state index contributed by atoms with van der Waals surface area (Å²) in [6.07, 6.45) is 7.07. The number of hydrogen-bond acceptors (Lipinski definition) is 7. The van der Waals surface area contributed by atoms with Gasteiger partial charge in [-0.05, 0) is 49.5 Å². The molecular weight excluding hydrogens is 506 g/mol. The second-order valence-electron chi connectivity index (χ2n) is 11.0. The van der Waals surface area contributed by atoms with Gasteiger partial charge in [0.1, 0.15) is 4.75 Å². The smallest absolute Gasteiger partial charge is 0.249 e. The Morgan fingerprint density at radius 3 is 2.34 bits per heavy atom. The number of amides is 2. The van der Waals surface area contributed by atoms with Crippen LogP contribution in [-0.2, 0) is 29.0 Å². The third-order valence-corrected chi connectivity index (χ3v) is 8.98. The number of hydroxylamine groups is 1. The van der Waals surface area contributed by atoms with Crippen LogP contribution >= 0.6 is 0 Å². The van der Waals surface area contributed by atoms with Gasteiger partial charge in [-0.3, -0.25) is 15.0 Å². The minimum atomic E-state index is -3.96. The van der Waals surface area contributed by atoms with Crippen LogP contribution in [0.25, 0.3) is 6.08 Å². The molecule has 0 bridgehead atoms. The highest BCUT2D eigenvalue weighted by Crippen LogP contribution is 2.42. The van der Waals surface area contributed by atoms with Crippen molar-refractivity contribution < 1.29 is 27.6 Å². The van der Waals surface area contributed by atoms with Gasteiger partial charge in [-0.1, -0.05) is 70.2 Å². The highest BCUT2D eigenvalue weighted by atomic mass is 32.2. The van der Waals surface area contributed by atoms with Gasteiger partial charge in [0.25, 0.3) is 0 Å². The van der Waals surface area contributed by atoms with Crippen molar-refractivity contribution >= 4 is 27.7 Å². The van der Waals surface area contributed by atoms with Crippen molar-refractivity contribution in [2.75, 3.05) is 12.9 Å². The molecule has 1 saturated heterocycles. The van der Waals surface area contributed by atoms with Crippen LogP contribution in [0.4, 0.5) is 0 Å². The Bertz CT molecular complexity index is 1020. The van der Waals surface area contributed by atoms with Crippen molar-refractivity contribution in [1.29, 1.82) is 0 Å². The van der Waals surface area contributed by atoms with E-state index in [1.807, 2.05) is 58.0 Å². The van der Waals surface area contributed by atoms with Crippen molar-refractivity contribution in [3.8, 4) is 0 Å². The van der Waals surface area contributed by atoms with Crippen LogP contribution in [0.15, 0.2) is 36.4 Å². The largest absolute Gasteiger partial charge is 0.350 e. The summed E-state index contributed by atoms with van der Waals surface area (Å²) in [5.74, 6) is 2.07. The summed E-state index contributed by atoms with van der Waals surface area (Å²) in [6, 6.07) is 9.26. The third-order valence-electron chi connectivity index (χ3n) is 7.00. The summed E-state index contributed by atoms with van der Waals surface area (Å²) in [5, 5.41) is 0. The Hall–Kier alpha value is -2.27. The topological polar surface area (TPSA) is 137 Å².